The molecule has 2 aromatic carbocycles. The molecule has 1 amide bonds. The monoisotopic (exact) mass is 422 g/mol. The highest BCUT2D eigenvalue weighted by Crippen LogP contribution is 2.21. The maximum Gasteiger partial charge on any atom is 0.260 e. The second-order valence-electron chi connectivity index (χ2n) is 6.78. The molecule has 0 bridgehead atoms. The lowest BCUT2D eigenvalue weighted by Gasteiger charge is -2.34. The van der Waals surface area contributed by atoms with Gasteiger partial charge in [-0.2, -0.15) is 4.31 Å². The number of rotatable bonds is 5. The molecule has 0 N–H and O–H groups in total. The molecule has 0 spiro atoms. The molecule has 1 heterocycles. The van der Waals surface area contributed by atoms with Gasteiger partial charge in [0.1, 0.15) is 5.75 Å². The summed E-state index contributed by atoms with van der Waals surface area (Å²) < 4.78 is 32.4. The smallest absolute Gasteiger partial charge is 0.260 e. The first-order valence-corrected chi connectivity index (χ1v) is 10.8. The average molecular weight is 423 g/mol. The minimum Gasteiger partial charge on any atom is -0.484 e. The molecule has 0 saturated carbocycles. The lowest BCUT2D eigenvalue weighted by molar-refractivity contribution is -0.134. The second kappa shape index (κ2) is 8.51. The van der Waals surface area contributed by atoms with E-state index in [4.69, 9.17) is 16.3 Å². The molecular formula is C20H23ClN2O4S. The van der Waals surface area contributed by atoms with Gasteiger partial charge in [-0.3, -0.25) is 4.79 Å². The second-order valence-corrected chi connectivity index (χ2v) is 9.15. The van der Waals surface area contributed by atoms with E-state index in [-0.39, 0.29) is 30.5 Å². The summed E-state index contributed by atoms with van der Waals surface area (Å²) in [4.78, 5) is 14.2. The molecule has 1 aliphatic rings. The zero-order chi connectivity index (χ0) is 20.3. The van der Waals surface area contributed by atoms with Gasteiger partial charge in [0.2, 0.25) is 10.0 Å². The van der Waals surface area contributed by atoms with Gasteiger partial charge in [0, 0.05) is 31.2 Å². The molecule has 1 fully saturated rings. The van der Waals surface area contributed by atoms with Crippen LogP contribution in [0.15, 0.2) is 47.4 Å². The van der Waals surface area contributed by atoms with E-state index in [0.29, 0.717) is 23.9 Å². The summed E-state index contributed by atoms with van der Waals surface area (Å²) in [6.45, 7) is 5.08. The summed E-state index contributed by atoms with van der Waals surface area (Å²) in [6.07, 6.45) is 0. The lowest BCUT2D eigenvalue weighted by atomic mass is 10.1. The number of hydrogen-bond acceptors (Lipinski definition) is 4. The van der Waals surface area contributed by atoms with E-state index in [1.165, 1.54) is 16.4 Å². The molecule has 3 rings (SSSR count). The minimum absolute atomic E-state index is 0.0659. The van der Waals surface area contributed by atoms with Crippen LogP contribution in [0.5, 0.6) is 5.75 Å². The Balaban J connectivity index is 1.55. The molecule has 150 valence electrons. The zero-order valence-electron chi connectivity index (χ0n) is 15.9. The van der Waals surface area contributed by atoms with Gasteiger partial charge in [0.15, 0.2) is 6.61 Å². The van der Waals surface area contributed by atoms with E-state index in [1.54, 1.807) is 17.0 Å². The largest absolute Gasteiger partial charge is 0.484 e. The van der Waals surface area contributed by atoms with E-state index in [1.807, 2.05) is 32.0 Å². The van der Waals surface area contributed by atoms with Gasteiger partial charge in [-0.1, -0.05) is 23.7 Å². The molecule has 2 aromatic rings. The predicted octanol–water partition coefficient (Wildman–Crippen LogP) is 2.87. The minimum atomic E-state index is -3.62. The van der Waals surface area contributed by atoms with Crippen molar-refractivity contribution in [1.82, 2.24) is 9.21 Å². The van der Waals surface area contributed by atoms with Crippen LogP contribution < -0.4 is 4.74 Å². The van der Waals surface area contributed by atoms with Gasteiger partial charge in [-0.25, -0.2) is 8.42 Å². The first-order valence-electron chi connectivity index (χ1n) is 9.01. The normalized spacial score (nSPS) is 15.5. The lowest BCUT2D eigenvalue weighted by Crippen LogP contribution is -2.51. The van der Waals surface area contributed by atoms with Crippen LogP contribution >= 0.6 is 11.6 Å². The van der Waals surface area contributed by atoms with Crippen molar-refractivity contribution in [3.05, 3.63) is 58.6 Å². The fourth-order valence-electron chi connectivity index (χ4n) is 2.99. The highest BCUT2D eigenvalue weighted by Gasteiger charge is 2.30. The Morgan fingerprint density at radius 1 is 1.04 bits per heavy atom. The van der Waals surface area contributed by atoms with Crippen LogP contribution in [0.4, 0.5) is 0 Å². The molecule has 1 aliphatic heterocycles. The first-order chi connectivity index (χ1) is 13.3. The van der Waals surface area contributed by atoms with Gasteiger partial charge in [-0.05, 0) is 55.3 Å². The Labute approximate surface area is 170 Å². The number of piperazine rings is 1. The van der Waals surface area contributed by atoms with E-state index < -0.39 is 10.0 Å². The van der Waals surface area contributed by atoms with Gasteiger partial charge < -0.3 is 9.64 Å². The van der Waals surface area contributed by atoms with E-state index in [9.17, 15) is 13.2 Å². The maximum absolute atomic E-state index is 12.7. The van der Waals surface area contributed by atoms with Crippen molar-refractivity contribution in [3.8, 4) is 5.75 Å². The Bertz CT molecular complexity index is 970. The number of amides is 1. The number of nitrogens with zero attached hydrogens (tertiary/aromatic N) is 2. The number of halogens is 1. The van der Waals surface area contributed by atoms with Crippen LogP contribution in [0.1, 0.15) is 11.1 Å². The van der Waals surface area contributed by atoms with Crippen molar-refractivity contribution in [2.45, 2.75) is 18.7 Å². The number of benzene rings is 2. The number of carbonyl (C=O) groups is 1. The number of ether oxygens (including phenoxy) is 1. The third-order valence-corrected chi connectivity index (χ3v) is 7.00. The van der Waals surface area contributed by atoms with E-state index >= 15 is 0 Å². The summed E-state index contributed by atoms with van der Waals surface area (Å²) in [5.41, 5.74) is 2.26. The van der Waals surface area contributed by atoms with Crippen molar-refractivity contribution < 1.29 is 17.9 Å². The van der Waals surface area contributed by atoms with E-state index in [0.717, 1.165) is 11.1 Å². The highest BCUT2D eigenvalue weighted by molar-refractivity contribution is 7.89. The average Bonchev–Trinajstić information content (AvgIpc) is 2.68. The molecule has 0 aliphatic carbocycles. The first kappa shape index (κ1) is 20.6. The van der Waals surface area contributed by atoms with Crippen LogP contribution in [0.3, 0.4) is 0 Å². The van der Waals surface area contributed by atoms with Crippen LogP contribution in [0, 0.1) is 13.8 Å². The third kappa shape index (κ3) is 4.66. The fourth-order valence-corrected chi connectivity index (χ4v) is 4.72. The predicted molar refractivity (Wildman–Crippen MR) is 108 cm³/mol. The Morgan fingerprint density at radius 3 is 2.39 bits per heavy atom. The number of carbonyl (C=O) groups excluding carboxylic acids is 1. The molecule has 0 radical (unpaired) electrons. The Morgan fingerprint density at radius 2 is 1.75 bits per heavy atom. The highest BCUT2D eigenvalue weighted by atomic mass is 35.5. The van der Waals surface area contributed by atoms with Gasteiger partial charge in [0.05, 0.1) is 4.90 Å². The summed E-state index contributed by atoms with van der Waals surface area (Å²) in [5, 5.41) is 0.373. The standard InChI is InChI=1S/C20H23ClN2O4S/c1-15-6-7-18(12-16(15)2)27-14-20(24)22-8-10-23(11-9-22)28(25,26)19-5-3-4-17(21)13-19/h3-7,12-13H,8-11,14H2,1-2H3. The molecule has 0 aromatic heterocycles. The third-order valence-electron chi connectivity index (χ3n) is 4.87. The number of hydrogen-bond donors (Lipinski definition) is 0. The van der Waals surface area contributed by atoms with Crippen molar-refractivity contribution in [2.75, 3.05) is 32.8 Å². The van der Waals surface area contributed by atoms with Gasteiger partial charge >= 0.3 is 0 Å². The Hall–Kier alpha value is -2.09. The summed E-state index contributed by atoms with van der Waals surface area (Å²) in [6, 6.07) is 11.9. The van der Waals surface area contributed by atoms with Gasteiger partial charge in [-0.15, -0.1) is 0 Å². The number of aryl methyl sites for hydroxylation is 2. The van der Waals surface area contributed by atoms with E-state index in [2.05, 4.69) is 0 Å². The maximum atomic E-state index is 12.7. The van der Waals surface area contributed by atoms with Crippen molar-refractivity contribution >= 4 is 27.5 Å². The fraction of sp³-hybridized carbons (Fsp3) is 0.350. The van der Waals surface area contributed by atoms with Crippen molar-refractivity contribution in [3.63, 3.8) is 0 Å². The van der Waals surface area contributed by atoms with Crippen LogP contribution in [-0.4, -0.2) is 56.3 Å². The van der Waals surface area contributed by atoms with Crippen molar-refractivity contribution in [1.29, 1.82) is 0 Å². The molecule has 1 saturated heterocycles. The van der Waals surface area contributed by atoms with Crippen LogP contribution in [-0.2, 0) is 14.8 Å². The molecule has 0 atom stereocenters. The zero-order valence-corrected chi connectivity index (χ0v) is 17.5. The summed E-state index contributed by atoms with van der Waals surface area (Å²) >= 11 is 5.91. The molecule has 8 heteroatoms. The van der Waals surface area contributed by atoms with Crippen LogP contribution in [0.2, 0.25) is 5.02 Å². The van der Waals surface area contributed by atoms with Gasteiger partial charge in [0.25, 0.3) is 5.91 Å². The topological polar surface area (TPSA) is 66.9 Å². The number of sulfonamides is 1. The molecule has 6 nitrogen and oxygen atoms in total. The Kier molecular flexibility index (Phi) is 6.27. The van der Waals surface area contributed by atoms with Crippen LogP contribution in [0.25, 0.3) is 0 Å². The molecule has 28 heavy (non-hydrogen) atoms. The summed E-state index contributed by atoms with van der Waals surface area (Å²) in [5.74, 6) is 0.497. The molecule has 0 unspecified atom stereocenters. The van der Waals surface area contributed by atoms with Crippen molar-refractivity contribution in [2.24, 2.45) is 0 Å². The summed E-state index contributed by atoms with van der Waals surface area (Å²) in [7, 11) is -3.62. The SMILES string of the molecule is Cc1ccc(OCC(=O)N2CCN(S(=O)(=O)c3cccc(Cl)c3)CC2)cc1C. The molecular weight excluding hydrogens is 400 g/mol. The quantitative estimate of drug-likeness (QED) is 0.743.